The molecule has 2 fully saturated rings. The van der Waals surface area contributed by atoms with Crippen LogP contribution in [0.5, 0.6) is 0 Å². The second-order valence-corrected chi connectivity index (χ2v) is 7.68. The van der Waals surface area contributed by atoms with Crippen LogP contribution in [-0.4, -0.2) is 32.9 Å². The highest BCUT2D eigenvalue weighted by Crippen LogP contribution is 2.37. The van der Waals surface area contributed by atoms with Crippen molar-refractivity contribution < 1.29 is 13.6 Å². The fraction of sp³-hybridized carbons (Fsp3) is 0.600. The van der Waals surface area contributed by atoms with Crippen LogP contribution in [0.1, 0.15) is 74.5 Å². The van der Waals surface area contributed by atoms with Crippen molar-refractivity contribution in [1.29, 1.82) is 0 Å². The van der Waals surface area contributed by atoms with Crippen molar-refractivity contribution in [3.8, 4) is 0 Å². The molecule has 1 heterocycles. The molecule has 1 aromatic heterocycles. The zero-order valence-electron chi connectivity index (χ0n) is 15.0. The second-order valence-electron chi connectivity index (χ2n) is 7.68. The molecule has 4 rings (SSSR count). The molecule has 4 nitrogen and oxygen atoms in total. The summed E-state index contributed by atoms with van der Waals surface area (Å²) >= 11 is 0. The van der Waals surface area contributed by atoms with E-state index in [-0.39, 0.29) is 11.7 Å². The van der Waals surface area contributed by atoms with Gasteiger partial charge >= 0.3 is 0 Å². The third kappa shape index (κ3) is 3.33. The van der Waals surface area contributed by atoms with Crippen LogP contribution in [0.2, 0.25) is 0 Å². The summed E-state index contributed by atoms with van der Waals surface area (Å²) in [5.74, 6) is 0.473. The number of halogens is 2. The maximum absolute atomic E-state index is 13.2. The number of hydrogen-bond acceptors (Lipinski definition) is 2. The highest BCUT2D eigenvalue weighted by atomic mass is 19.3. The molecule has 6 heteroatoms. The molecule has 0 bridgehead atoms. The number of imidazole rings is 1. The fourth-order valence-corrected chi connectivity index (χ4v) is 4.23. The molecule has 1 aromatic carbocycles. The Bertz CT molecular complexity index is 791. The van der Waals surface area contributed by atoms with Gasteiger partial charge in [0.1, 0.15) is 0 Å². The van der Waals surface area contributed by atoms with E-state index in [1.54, 1.807) is 18.2 Å². The lowest BCUT2D eigenvalue weighted by atomic mass is 9.83. The van der Waals surface area contributed by atoms with Crippen LogP contribution in [-0.2, 0) is 0 Å². The maximum atomic E-state index is 13.2. The van der Waals surface area contributed by atoms with Gasteiger partial charge in [-0.15, -0.1) is 0 Å². The quantitative estimate of drug-likeness (QED) is 0.808. The molecule has 26 heavy (non-hydrogen) atoms. The van der Waals surface area contributed by atoms with Crippen molar-refractivity contribution in [2.75, 3.05) is 0 Å². The number of rotatable bonds is 5. The average Bonchev–Trinajstić information content (AvgIpc) is 3.38. The number of carbonyl (C=O) groups is 1. The van der Waals surface area contributed by atoms with Crippen LogP contribution < -0.4 is 0 Å². The summed E-state index contributed by atoms with van der Waals surface area (Å²) in [5.41, 5.74) is 1.53. The second kappa shape index (κ2) is 6.97. The smallest absolute Gasteiger partial charge is 0.295 e. The van der Waals surface area contributed by atoms with Crippen molar-refractivity contribution in [1.82, 2.24) is 14.9 Å². The van der Waals surface area contributed by atoms with Crippen LogP contribution in [0, 0.1) is 5.92 Å². The van der Waals surface area contributed by atoms with Gasteiger partial charge in [-0.2, -0.15) is 0 Å². The zero-order chi connectivity index (χ0) is 18.3. The first kappa shape index (κ1) is 17.4. The van der Waals surface area contributed by atoms with Crippen molar-refractivity contribution in [3.63, 3.8) is 0 Å². The predicted octanol–water partition coefficient (Wildman–Crippen LogP) is 5.07. The van der Waals surface area contributed by atoms with E-state index in [1.807, 2.05) is 0 Å². The minimum Gasteiger partial charge on any atom is -0.337 e. The molecule has 2 saturated carbocycles. The Morgan fingerprint density at radius 1 is 1.19 bits per heavy atom. The van der Waals surface area contributed by atoms with Gasteiger partial charge in [0.2, 0.25) is 0 Å². The molecule has 2 aliphatic rings. The summed E-state index contributed by atoms with van der Waals surface area (Å²) in [7, 11) is 0. The van der Waals surface area contributed by atoms with Crippen molar-refractivity contribution in [2.45, 2.75) is 70.4 Å². The number of aromatic nitrogens is 2. The SMILES string of the molecule is CCC1CCC(N(C(=O)c2ccc3nc(C(F)F)[nH]c3c2)C2CC2)CC1. The van der Waals surface area contributed by atoms with Crippen LogP contribution in [0.25, 0.3) is 11.0 Å². The third-order valence-electron chi connectivity index (χ3n) is 5.92. The molecule has 2 aliphatic carbocycles. The van der Waals surface area contributed by atoms with Gasteiger partial charge in [0.15, 0.2) is 5.82 Å². The zero-order valence-corrected chi connectivity index (χ0v) is 15.0. The highest BCUT2D eigenvalue weighted by molar-refractivity contribution is 5.98. The number of alkyl halides is 2. The Morgan fingerprint density at radius 3 is 2.42 bits per heavy atom. The molecule has 0 atom stereocenters. The van der Waals surface area contributed by atoms with Gasteiger partial charge in [0.25, 0.3) is 12.3 Å². The van der Waals surface area contributed by atoms with Gasteiger partial charge in [-0.3, -0.25) is 4.79 Å². The number of nitrogens with one attached hydrogen (secondary N) is 1. The first-order valence-electron chi connectivity index (χ1n) is 9.67. The molecule has 0 aliphatic heterocycles. The summed E-state index contributed by atoms with van der Waals surface area (Å²) in [6, 6.07) is 5.70. The highest BCUT2D eigenvalue weighted by Gasteiger charge is 2.39. The third-order valence-corrected chi connectivity index (χ3v) is 5.92. The fourth-order valence-electron chi connectivity index (χ4n) is 4.23. The largest absolute Gasteiger partial charge is 0.337 e. The summed E-state index contributed by atoms with van der Waals surface area (Å²) in [4.78, 5) is 21.8. The predicted molar refractivity (Wildman–Crippen MR) is 96.3 cm³/mol. The lowest BCUT2D eigenvalue weighted by Gasteiger charge is -2.37. The number of hydrogen-bond donors (Lipinski definition) is 1. The number of aromatic amines is 1. The van der Waals surface area contributed by atoms with Gasteiger partial charge < -0.3 is 9.88 Å². The van der Waals surface area contributed by atoms with Gasteiger partial charge in [0.05, 0.1) is 11.0 Å². The van der Waals surface area contributed by atoms with Crippen LogP contribution in [0.3, 0.4) is 0 Å². The number of H-pyrrole nitrogens is 1. The molecule has 0 radical (unpaired) electrons. The summed E-state index contributed by atoms with van der Waals surface area (Å²) in [6.45, 7) is 2.24. The van der Waals surface area contributed by atoms with Crippen LogP contribution in [0.15, 0.2) is 18.2 Å². The van der Waals surface area contributed by atoms with Crippen LogP contribution in [0.4, 0.5) is 8.78 Å². The molecule has 140 valence electrons. The topological polar surface area (TPSA) is 49.0 Å². The average molecular weight is 361 g/mol. The molecule has 0 unspecified atom stereocenters. The van der Waals surface area contributed by atoms with E-state index < -0.39 is 6.43 Å². The first-order valence-corrected chi connectivity index (χ1v) is 9.67. The van der Waals surface area contributed by atoms with E-state index in [2.05, 4.69) is 21.8 Å². The summed E-state index contributed by atoms with van der Waals surface area (Å²) in [6.07, 6.45) is 5.24. The molecule has 0 spiro atoms. The van der Waals surface area contributed by atoms with E-state index in [4.69, 9.17) is 0 Å². The van der Waals surface area contributed by atoms with Gasteiger partial charge in [-0.05, 0) is 62.6 Å². The van der Waals surface area contributed by atoms with E-state index in [0.29, 0.717) is 28.7 Å². The molecular weight excluding hydrogens is 336 g/mol. The first-order chi connectivity index (χ1) is 12.6. The lowest BCUT2D eigenvalue weighted by molar-refractivity contribution is 0.0587. The Labute approximate surface area is 152 Å². The molecule has 2 aromatic rings. The minimum absolute atomic E-state index is 0.0301. The van der Waals surface area contributed by atoms with Crippen LogP contribution >= 0.6 is 0 Å². The molecule has 1 N–H and O–H groups in total. The standard InChI is InChI=1S/C20H25F2N3O/c1-2-12-3-6-14(7-4-12)25(15-8-9-15)20(26)13-5-10-16-17(11-13)24-19(23-16)18(21)22/h5,10-12,14-15,18H,2-4,6-9H2,1H3,(H,23,24). The Kier molecular flexibility index (Phi) is 4.67. The van der Waals surface area contributed by atoms with Crippen molar-refractivity contribution >= 4 is 16.9 Å². The van der Waals surface area contributed by atoms with Crippen molar-refractivity contribution in [2.24, 2.45) is 5.92 Å². The maximum Gasteiger partial charge on any atom is 0.295 e. The minimum atomic E-state index is -2.64. The van der Waals surface area contributed by atoms with E-state index in [1.165, 1.54) is 19.3 Å². The monoisotopic (exact) mass is 361 g/mol. The van der Waals surface area contributed by atoms with E-state index in [0.717, 1.165) is 31.6 Å². The molecule has 0 saturated heterocycles. The number of nitrogens with zero attached hydrogens (tertiary/aromatic N) is 2. The van der Waals surface area contributed by atoms with E-state index in [9.17, 15) is 13.6 Å². The van der Waals surface area contributed by atoms with Gasteiger partial charge in [-0.1, -0.05) is 13.3 Å². The number of benzene rings is 1. The lowest BCUT2D eigenvalue weighted by Crippen LogP contribution is -2.43. The van der Waals surface area contributed by atoms with Crippen molar-refractivity contribution in [3.05, 3.63) is 29.6 Å². The number of fused-ring (bicyclic) bond motifs is 1. The van der Waals surface area contributed by atoms with Gasteiger partial charge in [-0.25, -0.2) is 13.8 Å². The normalized spacial score (nSPS) is 23.5. The summed E-state index contributed by atoms with van der Waals surface area (Å²) in [5, 5.41) is 0. The van der Waals surface area contributed by atoms with Gasteiger partial charge in [0, 0.05) is 17.6 Å². The number of carbonyl (C=O) groups excluding carboxylic acids is 1. The molecular formula is C20H25F2N3O. The summed E-state index contributed by atoms with van der Waals surface area (Å²) < 4.78 is 25.7. The Morgan fingerprint density at radius 2 is 1.85 bits per heavy atom. The number of amides is 1. The Hall–Kier alpha value is -1.98. The Balaban J connectivity index is 1.57. The molecule has 1 amide bonds. The van der Waals surface area contributed by atoms with E-state index >= 15 is 0 Å².